The van der Waals surface area contributed by atoms with Gasteiger partial charge in [0, 0.05) is 17.3 Å². The number of rotatable bonds is 6. The Morgan fingerprint density at radius 2 is 2.11 bits per heavy atom. The number of aromatic nitrogens is 3. The molecule has 1 saturated heterocycles. The number of aryl methyl sites for hydroxylation is 1. The van der Waals surface area contributed by atoms with Crippen molar-refractivity contribution in [3.8, 4) is 16.9 Å². The topological polar surface area (TPSA) is 101 Å². The van der Waals surface area contributed by atoms with Crippen LogP contribution in [0.5, 0.6) is 5.75 Å². The molecule has 146 valence electrons. The molecular formula is C20H23ClN6O. The maximum atomic E-state index is 6.57. The van der Waals surface area contributed by atoms with Crippen LogP contribution in [0.3, 0.4) is 0 Å². The molecule has 1 unspecified atom stereocenters. The number of nitrogen functional groups attached to an aromatic ring is 1. The van der Waals surface area contributed by atoms with Gasteiger partial charge in [-0.2, -0.15) is 4.98 Å². The Labute approximate surface area is 168 Å². The van der Waals surface area contributed by atoms with Crippen LogP contribution in [0.4, 0.5) is 17.6 Å². The van der Waals surface area contributed by atoms with Gasteiger partial charge in [0.1, 0.15) is 12.4 Å². The first-order chi connectivity index (χ1) is 13.6. The Morgan fingerprint density at radius 1 is 1.29 bits per heavy atom. The molecule has 1 aromatic heterocycles. The molecule has 0 aliphatic carbocycles. The number of nitrogens with one attached hydrogen (secondary N) is 3. The van der Waals surface area contributed by atoms with Crippen LogP contribution >= 0.6 is 11.6 Å². The summed E-state index contributed by atoms with van der Waals surface area (Å²) < 4.78 is 5.90. The first kappa shape index (κ1) is 18.6. The molecule has 28 heavy (non-hydrogen) atoms. The molecule has 2 aromatic carbocycles. The molecule has 5 N–H and O–H groups in total. The fourth-order valence-electron chi connectivity index (χ4n) is 3.45. The standard InChI is InChI=1S/C20H23ClN6O/c1-12-9-15(24-20-25-19(22)26-27-20)10-17(21)18(12)13-4-6-16(7-5-13)28-11-14-3-2-8-23-14/h4-7,9-10,14,23H,2-3,8,11H2,1H3,(H4,22,24,25,26,27). The second-order valence-electron chi connectivity index (χ2n) is 6.95. The molecule has 0 saturated carbocycles. The lowest BCUT2D eigenvalue weighted by molar-refractivity contribution is 0.277. The molecule has 1 atom stereocenters. The van der Waals surface area contributed by atoms with E-state index in [0.717, 1.165) is 34.7 Å². The summed E-state index contributed by atoms with van der Waals surface area (Å²) in [7, 11) is 0. The quantitative estimate of drug-likeness (QED) is 0.502. The number of anilines is 3. The molecule has 1 aliphatic heterocycles. The highest BCUT2D eigenvalue weighted by Gasteiger charge is 2.15. The average molecular weight is 399 g/mol. The maximum absolute atomic E-state index is 6.57. The Balaban J connectivity index is 1.48. The van der Waals surface area contributed by atoms with Crippen molar-refractivity contribution in [1.82, 2.24) is 20.5 Å². The van der Waals surface area contributed by atoms with Crippen molar-refractivity contribution >= 4 is 29.2 Å². The molecule has 7 nitrogen and oxygen atoms in total. The minimum absolute atomic E-state index is 0.257. The van der Waals surface area contributed by atoms with Crippen molar-refractivity contribution in [2.45, 2.75) is 25.8 Å². The third kappa shape index (κ3) is 4.21. The van der Waals surface area contributed by atoms with Crippen LogP contribution in [-0.2, 0) is 0 Å². The Bertz CT molecular complexity index is 927. The molecule has 1 aliphatic rings. The van der Waals surface area contributed by atoms with Crippen LogP contribution in [0.2, 0.25) is 5.02 Å². The molecule has 0 spiro atoms. The predicted octanol–water partition coefficient (Wildman–Crippen LogP) is 3.89. The van der Waals surface area contributed by atoms with Crippen molar-refractivity contribution in [2.75, 3.05) is 24.2 Å². The van der Waals surface area contributed by atoms with Crippen molar-refractivity contribution in [1.29, 1.82) is 0 Å². The number of ether oxygens (including phenoxy) is 1. The normalized spacial score (nSPS) is 16.3. The van der Waals surface area contributed by atoms with Gasteiger partial charge >= 0.3 is 0 Å². The molecule has 0 radical (unpaired) electrons. The smallest absolute Gasteiger partial charge is 0.248 e. The van der Waals surface area contributed by atoms with E-state index in [1.807, 2.05) is 43.3 Å². The number of H-pyrrole nitrogens is 1. The van der Waals surface area contributed by atoms with Crippen molar-refractivity contribution in [2.24, 2.45) is 0 Å². The van der Waals surface area contributed by atoms with Crippen LogP contribution in [-0.4, -0.2) is 34.4 Å². The van der Waals surface area contributed by atoms with Crippen LogP contribution in [0.15, 0.2) is 36.4 Å². The summed E-state index contributed by atoms with van der Waals surface area (Å²) >= 11 is 6.57. The van der Waals surface area contributed by atoms with E-state index >= 15 is 0 Å². The molecule has 8 heteroatoms. The fourth-order valence-corrected chi connectivity index (χ4v) is 3.83. The average Bonchev–Trinajstić information content (AvgIpc) is 3.32. The molecule has 2 heterocycles. The Hall–Kier alpha value is -2.77. The summed E-state index contributed by atoms with van der Waals surface area (Å²) in [5, 5.41) is 13.7. The lowest BCUT2D eigenvalue weighted by Gasteiger charge is -2.14. The molecule has 0 bridgehead atoms. The van der Waals surface area contributed by atoms with E-state index in [1.54, 1.807) is 0 Å². The minimum Gasteiger partial charge on any atom is -0.492 e. The molecule has 1 fully saturated rings. The largest absolute Gasteiger partial charge is 0.492 e. The number of halogens is 1. The van der Waals surface area contributed by atoms with Crippen molar-refractivity contribution in [3.05, 3.63) is 47.0 Å². The van der Waals surface area contributed by atoms with Crippen LogP contribution in [0, 0.1) is 6.92 Å². The maximum Gasteiger partial charge on any atom is 0.248 e. The zero-order valence-corrected chi connectivity index (χ0v) is 16.4. The summed E-state index contributed by atoms with van der Waals surface area (Å²) in [4.78, 5) is 4.04. The van der Waals surface area contributed by atoms with E-state index in [0.29, 0.717) is 23.6 Å². The molecular weight excluding hydrogens is 376 g/mol. The minimum atomic E-state index is 0.257. The van der Waals surface area contributed by atoms with Gasteiger partial charge in [-0.25, -0.2) is 5.10 Å². The number of hydrogen-bond donors (Lipinski definition) is 4. The Morgan fingerprint density at radius 3 is 2.75 bits per heavy atom. The third-order valence-electron chi connectivity index (χ3n) is 4.80. The molecule has 4 rings (SSSR count). The van der Waals surface area contributed by atoms with Gasteiger partial charge in [0.2, 0.25) is 11.9 Å². The second-order valence-corrected chi connectivity index (χ2v) is 7.36. The SMILES string of the molecule is Cc1cc(Nc2n[nH]c(N)n2)cc(Cl)c1-c1ccc(OCC2CCCN2)cc1. The summed E-state index contributed by atoms with van der Waals surface area (Å²) in [6.45, 7) is 3.80. The highest BCUT2D eigenvalue weighted by Crippen LogP contribution is 2.35. The number of nitrogens with zero attached hydrogens (tertiary/aromatic N) is 2. The van der Waals surface area contributed by atoms with E-state index in [4.69, 9.17) is 22.1 Å². The van der Waals surface area contributed by atoms with Gasteiger partial charge < -0.3 is 21.1 Å². The summed E-state index contributed by atoms with van der Waals surface area (Å²) in [6.07, 6.45) is 2.40. The van der Waals surface area contributed by atoms with E-state index < -0.39 is 0 Å². The third-order valence-corrected chi connectivity index (χ3v) is 5.10. The summed E-state index contributed by atoms with van der Waals surface area (Å²) in [5.41, 5.74) is 9.43. The van der Waals surface area contributed by atoms with Crippen LogP contribution in [0.25, 0.3) is 11.1 Å². The van der Waals surface area contributed by atoms with Gasteiger partial charge in [0.25, 0.3) is 0 Å². The van der Waals surface area contributed by atoms with Gasteiger partial charge in [0.05, 0.1) is 5.02 Å². The van der Waals surface area contributed by atoms with Crippen molar-refractivity contribution in [3.63, 3.8) is 0 Å². The zero-order chi connectivity index (χ0) is 19.5. The lowest BCUT2D eigenvalue weighted by atomic mass is 9.99. The molecule has 0 amide bonds. The number of benzene rings is 2. The first-order valence-corrected chi connectivity index (χ1v) is 9.68. The zero-order valence-electron chi connectivity index (χ0n) is 15.6. The number of hydrogen-bond acceptors (Lipinski definition) is 6. The van der Waals surface area contributed by atoms with Gasteiger partial charge in [-0.15, -0.1) is 5.10 Å². The van der Waals surface area contributed by atoms with E-state index in [9.17, 15) is 0 Å². The lowest BCUT2D eigenvalue weighted by Crippen LogP contribution is -2.28. The van der Waals surface area contributed by atoms with Gasteiger partial charge in [-0.3, -0.25) is 0 Å². The Kier molecular flexibility index (Phi) is 5.36. The summed E-state index contributed by atoms with van der Waals surface area (Å²) in [6, 6.07) is 12.4. The number of nitrogens with two attached hydrogens (primary N) is 1. The van der Waals surface area contributed by atoms with Crippen LogP contribution < -0.4 is 21.1 Å². The van der Waals surface area contributed by atoms with Gasteiger partial charge in [-0.1, -0.05) is 23.7 Å². The highest BCUT2D eigenvalue weighted by molar-refractivity contribution is 6.33. The van der Waals surface area contributed by atoms with E-state index in [-0.39, 0.29) is 5.95 Å². The number of aromatic amines is 1. The predicted molar refractivity (Wildman–Crippen MR) is 112 cm³/mol. The van der Waals surface area contributed by atoms with E-state index in [2.05, 4.69) is 25.8 Å². The van der Waals surface area contributed by atoms with Gasteiger partial charge in [0.15, 0.2) is 0 Å². The van der Waals surface area contributed by atoms with E-state index in [1.165, 1.54) is 12.8 Å². The van der Waals surface area contributed by atoms with Crippen molar-refractivity contribution < 1.29 is 4.74 Å². The fraction of sp³-hybridized carbons (Fsp3) is 0.300. The second kappa shape index (κ2) is 8.08. The first-order valence-electron chi connectivity index (χ1n) is 9.30. The van der Waals surface area contributed by atoms with Gasteiger partial charge in [-0.05, 0) is 61.7 Å². The summed E-state index contributed by atoms with van der Waals surface area (Å²) in [5.74, 6) is 1.53. The highest BCUT2D eigenvalue weighted by atomic mass is 35.5. The van der Waals surface area contributed by atoms with Crippen LogP contribution in [0.1, 0.15) is 18.4 Å². The molecule has 3 aromatic rings. The monoisotopic (exact) mass is 398 g/mol.